The first-order chi connectivity index (χ1) is 12.7. The number of para-hydroxylation sites is 1. The number of rotatable bonds is 2. The van der Waals surface area contributed by atoms with E-state index in [0.717, 1.165) is 53.3 Å². The fourth-order valence-electron chi connectivity index (χ4n) is 3.85. The van der Waals surface area contributed by atoms with Gasteiger partial charge in [0.05, 0.1) is 23.5 Å². The van der Waals surface area contributed by atoms with Gasteiger partial charge in [0.25, 0.3) is 0 Å². The molecule has 1 aliphatic carbocycles. The van der Waals surface area contributed by atoms with E-state index in [1.165, 1.54) is 6.42 Å². The van der Waals surface area contributed by atoms with E-state index in [2.05, 4.69) is 19.4 Å². The minimum Gasteiger partial charge on any atom is -0.487 e. The predicted octanol–water partition coefficient (Wildman–Crippen LogP) is 4.26. The second kappa shape index (κ2) is 5.95. The molecule has 0 saturated heterocycles. The molecule has 2 heterocycles. The number of benzene rings is 2. The quantitative estimate of drug-likeness (QED) is 0.710. The first-order valence-corrected chi connectivity index (χ1v) is 9.52. The number of nitrogens with zero attached hydrogens (tertiary/aromatic N) is 2. The average Bonchev–Trinajstić information content (AvgIpc) is 3.10. The molecule has 26 heavy (non-hydrogen) atoms. The van der Waals surface area contributed by atoms with E-state index in [0.29, 0.717) is 5.69 Å². The van der Waals surface area contributed by atoms with E-state index in [1.54, 1.807) is 0 Å². The minimum absolute atomic E-state index is 0.0620. The Hall–Kier alpha value is -2.67. The predicted molar refractivity (Wildman–Crippen MR) is 101 cm³/mol. The van der Waals surface area contributed by atoms with Gasteiger partial charge in [-0.25, -0.2) is 4.79 Å². The van der Waals surface area contributed by atoms with E-state index in [4.69, 9.17) is 4.74 Å². The molecule has 5 rings (SSSR count). The van der Waals surface area contributed by atoms with Gasteiger partial charge in [0.15, 0.2) is 0 Å². The number of urea groups is 1. The van der Waals surface area contributed by atoms with Gasteiger partial charge in [-0.1, -0.05) is 24.3 Å². The molecule has 2 N–H and O–H groups in total. The summed E-state index contributed by atoms with van der Waals surface area (Å²) in [6, 6.07) is 13.3. The number of amides is 2. The third-order valence-electron chi connectivity index (χ3n) is 5.30. The summed E-state index contributed by atoms with van der Waals surface area (Å²) in [4.78, 5) is 12.7. The number of anilines is 1. The molecule has 6 nitrogen and oxygen atoms in total. The van der Waals surface area contributed by atoms with Gasteiger partial charge in [0.2, 0.25) is 0 Å². The number of carbonyl (C=O) groups is 1. The van der Waals surface area contributed by atoms with Crippen LogP contribution in [0.4, 0.5) is 10.5 Å². The average molecular weight is 366 g/mol. The van der Waals surface area contributed by atoms with Crippen molar-refractivity contribution in [2.24, 2.45) is 0 Å². The summed E-state index contributed by atoms with van der Waals surface area (Å²) in [6.07, 6.45) is 4.08. The van der Waals surface area contributed by atoms with Gasteiger partial charge in [-0.3, -0.25) is 0 Å². The Labute approximate surface area is 154 Å². The number of hydrogen-bond acceptors (Lipinski definition) is 5. The zero-order valence-corrected chi connectivity index (χ0v) is 14.9. The van der Waals surface area contributed by atoms with Crippen LogP contribution in [0.5, 0.6) is 5.75 Å². The zero-order valence-electron chi connectivity index (χ0n) is 14.1. The lowest BCUT2D eigenvalue weighted by molar-refractivity contribution is -0.0354. The number of hydrogen-bond donors (Lipinski definition) is 2. The van der Waals surface area contributed by atoms with Gasteiger partial charge in [0, 0.05) is 12.0 Å². The Balaban J connectivity index is 1.38. The molecule has 2 aromatic carbocycles. The lowest BCUT2D eigenvalue weighted by atomic mass is 9.73. The maximum atomic E-state index is 12.7. The van der Waals surface area contributed by atoms with Crippen LogP contribution in [0.15, 0.2) is 42.5 Å². The van der Waals surface area contributed by atoms with Gasteiger partial charge >= 0.3 is 6.03 Å². The molecule has 1 fully saturated rings. The van der Waals surface area contributed by atoms with Crippen LogP contribution in [-0.2, 0) is 0 Å². The summed E-state index contributed by atoms with van der Waals surface area (Å²) >= 11 is 1.14. The van der Waals surface area contributed by atoms with Crippen LogP contribution in [0.3, 0.4) is 0 Å². The van der Waals surface area contributed by atoms with Gasteiger partial charge in [0.1, 0.15) is 22.4 Å². The normalized spacial score (nSPS) is 20.1. The highest BCUT2D eigenvalue weighted by molar-refractivity contribution is 7.00. The molecular formula is C19H18N4O2S. The monoisotopic (exact) mass is 366 g/mol. The standard InChI is InChI=1S/C19H18N4O2S/c24-18(20-13-6-3-7-14-17(13)23-26-22-14)21-15-11-19(9-4-10-19)25-16-8-2-1-5-12(15)16/h1-3,5-8,15H,4,9-11H2,(H2,20,21,24). The Bertz CT molecular complexity index is 982. The van der Waals surface area contributed by atoms with Gasteiger partial charge in [-0.05, 0) is 37.5 Å². The largest absolute Gasteiger partial charge is 0.487 e. The molecular weight excluding hydrogens is 348 g/mol. The highest BCUT2D eigenvalue weighted by Gasteiger charge is 2.45. The van der Waals surface area contributed by atoms with Crippen LogP contribution in [0.25, 0.3) is 11.0 Å². The first kappa shape index (κ1) is 15.6. The highest BCUT2D eigenvalue weighted by atomic mass is 32.1. The van der Waals surface area contributed by atoms with Crippen molar-refractivity contribution in [1.82, 2.24) is 14.1 Å². The number of ether oxygens (including phenoxy) is 1. The third kappa shape index (κ3) is 2.59. The topological polar surface area (TPSA) is 76.1 Å². The van der Waals surface area contributed by atoms with Crippen molar-refractivity contribution >= 4 is 34.5 Å². The van der Waals surface area contributed by atoms with Crippen LogP contribution in [-0.4, -0.2) is 20.4 Å². The first-order valence-electron chi connectivity index (χ1n) is 8.79. The molecule has 0 bridgehead atoms. The van der Waals surface area contributed by atoms with Crippen molar-refractivity contribution in [3.05, 3.63) is 48.0 Å². The van der Waals surface area contributed by atoms with Crippen molar-refractivity contribution < 1.29 is 9.53 Å². The second-order valence-electron chi connectivity index (χ2n) is 6.97. The number of nitrogens with one attached hydrogen (secondary N) is 2. The number of carbonyl (C=O) groups excluding carboxylic acids is 1. The molecule has 1 aliphatic heterocycles. The molecule has 1 aromatic heterocycles. The van der Waals surface area contributed by atoms with E-state index in [-0.39, 0.29) is 17.7 Å². The summed E-state index contributed by atoms with van der Waals surface area (Å²) in [5, 5.41) is 6.05. The van der Waals surface area contributed by atoms with Crippen LogP contribution >= 0.6 is 11.7 Å². The molecule has 1 spiro atoms. The molecule has 7 heteroatoms. The molecule has 1 saturated carbocycles. The van der Waals surface area contributed by atoms with E-state index in [9.17, 15) is 4.79 Å². The molecule has 1 unspecified atom stereocenters. The van der Waals surface area contributed by atoms with Crippen LogP contribution in [0.1, 0.15) is 37.3 Å². The molecule has 0 radical (unpaired) electrons. The van der Waals surface area contributed by atoms with Gasteiger partial charge in [-0.15, -0.1) is 0 Å². The maximum Gasteiger partial charge on any atom is 0.319 e. The minimum atomic E-state index is -0.235. The Morgan fingerprint density at radius 1 is 1.15 bits per heavy atom. The summed E-state index contributed by atoms with van der Waals surface area (Å²) in [5.41, 5.74) is 3.10. The molecule has 2 amide bonds. The van der Waals surface area contributed by atoms with Crippen LogP contribution < -0.4 is 15.4 Å². The van der Waals surface area contributed by atoms with Crippen LogP contribution in [0.2, 0.25) is 0 Å². The molecule has 3 aromatic rings. The fourth-order valence-corrected chi connectivity index (χ4v) is 4.40. The molecule has 2 aliphatic rings. The van der Waals surface area contributed by atoms with Crippen LogP contribution in [0, 0.1) is 0 Å². The van der Waals surface area contributed by atoms with Crippen molar-refractivity contribution in [3.8, 4) is 5.75 Å². The SMILES string of the molecule is O=C(Nc1cccc2nsnc12)NC1CC2(CCC2)Oc2ccccc21. The van der Waals surface area contributed by atoms with Gasteiger partial charge < -0.3 is 15.4 Å². The van der Waals surface area contributed by atoms with Crippen molar-refractivity contribution in [2.45, 2.75) is 37.3 Å². The van der Waals surface area contributed by atoms with E-state index >= 15 is 0 Å². The lowest BCUT2D eigenvalue weighted by Gasteiger charge is -2.47. The van der Waals surface area contributed by atoms with Gasteiger partial charge in [-0.2, -0.15) is 8.75 Å². The zero-order chi connectivity index (χ0) is 17.6. The maximum absolute atomic E-state index is 12.7. The number of fused-ring (bicyclic) bond motifs is 2. The smallest absolute Gasteiger partial charge is 0.319 e. The van der Waals surface area contributed by atoms with E-state index < -0.39 is 0 Å². The Kier molecular flexibility index (Phi) is 3.56. The summed E-state index contributed by atoms with van der Waals surface area (Å²) in [5.74, 6) is 0.884. The van der Waals surface area contributed by atoms with E-state index in [1.807, 2.05) is 42.5 Å². The van der Waals surface area contributed by atoms with Crippen molar-refractivity contribution in [1.29, 1.82) is 0 Å². The third-order valence-corrected chi connectivity index (χ3v) is 5.84. The summed E-state index contributed by atoms with van der Waals surface area (Å²) in [6.45, 7) is 0. The molecule has 132 valence electrons. The Morgan fingerprint density at radius 2 is 2.04 bits per heavy atom. The number of aromatic nitrogens is 2. The van der Waals surface area contributed by atoms with Crippen molar-refractivity contribution in [2.75, 3.05) is 5.32 Å². The fraction of sp³-hybridized carbons (Fsp3) is 0.316. The second-order valence-corrected chi connectivity index (χ2v) is 7.50. The summed E-state index contributed by atoms with van der Waals surface area (Å²) < 4.78 is 14.7. The van der Waals surface area contributed by atoms with Crippen molar-refractivity contribution in [3.63, 3.8) is 0 Å². The lowest BCUT2D eigenvalue weighted by Crippen LogP contribution is -2.50. The highest BCUT2D eigenvalue weighted by Crippen LogP contribution is 2.48. The summed E-state index contributed by atoms with van der Waals surface area (Å²) in [7, 11) is 0. The molecule has 1 atom stereocenters. The Morgan fingerprint density at radius 3 is 2.88 bits per heavy atom.